The normalized spacial score (nSPS) is 23.9. The topological polar surface area (TPSA) is 82.2 Å². The number of para-hydroxylation sites is 1. The van der Waals surface area contributed by atoms with Crippen molar-refractivity contribution in [3.05, 3.63) is 59.7 Å². The average molecular weight is 482 g/mol. The second-order valence-corrected chi connectivity index (χ2v) is 9.50. The highest BCUT2D eigenvalue weighted by atomic mass is 35.5. The molecule has 2 heterocycles. The zero-order chi connectivity index (χ0) is 23.1. The number of nitrogens with zero attached hydrogens (tertiary/aromatic N) is 4. The summed E-state index contributed by atoms with van der Waals surface area (Å²) in [5, 5.41) is 0. The smallest absolute Gasteiger partial charge is 0.321 e. The van der Waals surface area contributed by atoms with E-state index in [1.807, 2.05) is 49.4 Å². The van der Waals surface area contributed by atoms with Crippen LogP contribution >= 0.6 is 12.4 Å². The number of halogens is 1. The van der Waals surface area contributed by atoms with Crippen LogP contribution in [0.5, 0.6) is 0 Å². The zero-order valence-corrected chi connectivity index (χ0v) is 20.5. The van der Waals surface area contributed by atoms with Crippen molar-refractivity contribution in [3.8, 4) is 0 Å². The number of amidine groups is 1. The molecule has 5 rings (SSSR count). The van der Waals surface area contributed by atoms with Crippen LogP contribution in [0, 0.1) is 18.8 Å². The largest absolute Gasteiger partial charge is 0.356 e. The monoisotopic (exact) mass is 481 g/mol. The minimum Gasteiger partial charge on any atom is -0.356 e. The standard InChI is InChI=1S/C26H31N5O2.ClH/c1-17-8-7-11-20(14-17)31(26(27)33)24-25(32)29(2)22-13-6-5-12-21(22)23(28-24)30-15-18-9-3-4-10-19(18)16-30;/h5-8,11-14,18-19,24H,3-4,9-10,15-16H2,1-2H3,(H2,27,33);1H/t18-,19+,24?;. The first-order chi connectivity index (χ1) is 15.9. The lowest BCUT2D eigenvalue weighted by Gasteiger charge is -2.29. The van der Waals surface area contributed by atoms with E-state index in [4.69, 9.17) is 10.7 Å². The van der Waals surface area contributed by atoms with Crippen molar-refractivity contribution in [2.24, 2.45) is 22.6 Å². The number of likely N-dealkylation sites (tertiary alicyclic amines) is 1. The Hall–Kier alpha value is -3.06. The van der Waals surface area contributed by atoms with E-state index >= 15 is 0 Å². The zero-order valence-electron chi connectivity index (χ0n) is 19.7. The van der Waals surface area contributed by atoms with Crippen LogP contribution in [0.4, 0.5) is 16.2 Å². The SMILES string of the molecule is Cc1cccc(N(C(N)=O)C2N=C(N3C[C@H]4CCCC[C@H]4C3)c3ccccc3N(C)C2=O)c1.Cl. The maximum Gasteiger partial charge on any atom is 0.321 e. The highest BCUT2D eigenvalue weighted by Gasteiger charge is 2.41. The predicted octanol–water partition coefficient (Wildman–Crippen LogP) is 4.17. The fraction of sp³-hybridized carbons (Fsp3) is 0.423. The van der Waals surface area contributed by atoms with Crippen molar-refractivity contribution in [1.82, 2.24) is 4.90 Å². The van der Waals surface area contributed by atoms with Gasteiger partial charge in [0.05, 0.1) is 5.69 Å². The summed E-state index contributed by atoms with van der Waals surface area (Å²) in [4.78, 5) is 36.6. The second kappa shape index (κ2) is 9.66. The predicted molar refractivity (Wildman–Crippen MR) is 138 cm³/mol. The summed E-state index contributed by atoms with van der Waals surface area (Å²) in [5.41, 5.74) is 9.10. The fourth-order valence-electron chi connectivity index (χ4n) is 5.65. The molecule has 7 nitrogen and oxygen atoms in total. The van der Waals surface area contributed by atoms with Crippen LogP contribution in [0.25, 0.3) is 0 Å². The number of carbonyl (C=O) groups is 2. The Morgan fingerprint density at radius 3 is 2.38 bits per heavy atom. The van der Waals surface area contributed by atoms with Gasteiger partial charge in [0.15, 0.2) is 0 Å². The van der Waals surface area contributed by atoms with Crippen LogP contribution in [-0.2, 0) is 4.79 Å². The average Bonchev–Trinajstić information content (AvgIpc) is 3.20. The van der Waals surface area contributed by atoms with E-state index < -0.39 is 12.2 Å². The molecule has 0 bridgehead atoms. The Morgan fingerprint density at radius 2 is 1.74 bits per heavy atom. The summed E-state index contributed by atoms with van der Waals surface area (Å²) in [5.74, 6) is 1.82. The molecule has 2 aliphatic heterocycles. The minimum atomic E-state index is -1.07. The molecular weight excluding hydrogens is 450 g/mol. The summed E-state index contributed by atoms with van der Waals surface area (Å²) >= 11 is 0. The van der Waals surface area contributed by atoms with Crippen LogP contribution in [0.1, 0.15) is 36.8 Å². The third-order valence-corrected chi connectivity index (χ3v) is 7.34. The van der Waals surface area contributed by atoms with Crippen LogP contribution in [0.2, 0.25) is 0 Å². The fourth-order valence-corrected chi connectivity index (χ4v) is 5.65. The summed E-state index contributed by atoms with van der Waals surface area (Å²) in [7, 11) is 1.74. The molecule has 8 heteroatoms. The van der Waals surface area contributed by atoms with Gasteiger partial charge in [-0.05, 0) is 61.4 Å². The molecule has 1 saturated heterocycles. The molecule has 2 N–H and O–H groups in total. The van der Waals surface area contributed by atoms with E-state index in [2.05, 4.69) is 4.90 Å². The number of aliphatic imine (C=N–C) groups is 1. The number of rotatable bonds is 2. The molecular formula is C26H32ClN5O2. The lowest BCUT2D eigenvalue weighted by molar-refractivity contribution is -0.119. The van der Waals surface area contributed by atoms with Crippen LogP contribution in [0.3, 0.4) is 0 Å². The molecule has 0 spiro atoms. The van der Waals surface area contributed by atoms with Gasteiger partial charge in [0.25, 0.3) is 5.91 Å². The van der Waals surface area contributed by atoms with Crippen molar-refractivity contribution in [2.45, 2.75) is 38.8 Å². The van der Waals surface area contributed by atoms with Crippen LogP contribution in [0.15, 0.2) is 53.5 Å². The number of aryl methyl sites for hydroxylation is 1. The molecule has 3 atom stereocenters. The number of primary amides is 1. The highest BCUT2D eigenvalue weighted by molar-refractivity contribution is 6.14. The number of benzodiazepines with no additional fused rings is 1. The number of anilines is 2. The van der Waals surface area contributed by atoms with Gasteiger partial charge in [-0.2, -0.15) is 0 Å². The first-order valence-corrected chi connectivity index (χ1v) is 11.8. The van der Waals surface area contributed by atoms with Gasteiger partial charge in [-0.3, -0.25) is 9.69 Å². The quantitative estimate of drug-likeness (QED) is 0.698. The molecule has 2 aromatic rings. The molecule has 1 aliphatic carbocycles. The van der Waals surface area contributed by atoms with Crippen LogP contribution in [-0.4, -0.2) is 49.0 Å². The summed E-state index contributed by atoms with van der Waals surface area (Å²) < 4.78 is 0. The Labute approximate surface area is 207 Å². The number of carbonyl (C=O) groups excluding carboxylic acids is 2. The van der Waals surface area contributed by atoms with E-state index in [0.717, 1.165) is 35.7 Å². The second-order valence-electron chi connectivity index (χ2n) is 9.50. The Morgan fingerprint density at radius 1 is 1.06 bits per heavy atom. The maximum atomic E-state index is 13.7. The number of fused-ring (bicyclic) bond motifs is 2. The number of hydrogen-bond donors (Lipinski definition) is 1. The molecule has 3 amide bonds. The Bertz CT molecular complexity index is 1110. The molecule has 2 fully saturated rings. The molecule has 1 saturated carbocycles. The molecule has 0 aromatic heterocycles. The lowest BCUT2D eigenvalue weighted by atomic mass is 9.82. The van der Waals surface area contributed by atoms with Gasteiger partial charge in [0, 0.05) is 31.4 Å². The molecule has 0 radical (unpaired) electrons. The molecule has 34 heavy (non-hydrogen) atoms. The van der Waals surface area contributed by atoms with E-state index in [0.29, 0.717) is 17.5 Å². The van der Waals surface area contributed by atoms with Crippen molar-refractivity contribution >= 4 is 41.6 Å². The summed E-state index contributed by atoms with van der Waals surface area (Å²) in [6, 6.07) is 14.6. The van der Waals surface area contributed by atoms with Gasteiger partial charge in [-0.15, -0.1) is 12.4 Å². The van der Waals surface area contributed by atoms with E-state index in [1.165, 1.54) is 30.6 Å². The van der Waals surface area contributed by atoms with Crippen molar-refractivity contribution in [1.29, 1.82) is 0 Å². The third kappa shape index (κ3) is 4.25. The first kappa shape index (κ1) is 24.1. The van der Waals surface area contributed by atoms with E-state index in [-0.39, 0.29) is 18.3 Å². The number of benzene rings is 2. The van der Waals surface area contributed by atoms with E-state index in [9.17, 15) is 9.59 Å². The lowest BCUT2D eigenvalue weighted by Crippen LogP contribution is -2.51. The van der Waals surface area contributed by atoms with E-state index in [1.54, 1.807) is 18.0 Å². The maximum absolute atomic E-state index is 13.7. The van der Waals surface area contributed by atoms with Crippen molar-refractivity contribution < 1.29 is 9.59 Å². The van der Waals surface area contributed by atoms with Crippen molar-refractivity contribution in [2.75, 3.05) is 29.9 Å². The summed E-state index contributed by atoms with van der Waals surface area (Å²) in [6.45, 7) is 3.81. The number of amides is 3. The number of nitrogens with two attached hydrogens (primary N) is 1. The van der Waals surface area contributed by atoms with Gasteiger partial charge in [0.2, 0.25) is 6.17 Å². The minimum absolute atomic E-state index is 0. The molecule has 1 unspecified atom stereocenters. The highest BCUT2D eigenvalue weighted by Crippen LogP contribution is 2.38. The Kier molecular flexibility index (Phi) is 6.84. The summed E-state index contributed by atoms with van der Waals surface area (Å²) in [6.07, 6.45) is 3.99. The van der Waals surface area contributed by atoms with Crippen molar-refractivity contribution in [3.63, 3.8) is 0 Å². The number of likely N-dealkylation sites (N-methyl/N-ethyl adjacent to an activating group) is 1. The van der Waals surface area contributed by atoms with Gasteiger partial charge < -0.3 is 15.5 Å². The molecule has 2 aromatic carbocycles. The van der Waals surface area contributed by atoms with Gasteiger partial charge >= 0.3 is 6.03 Å². The first-order valence-electron chi connectivity index (χ1n) is 11.8. The molecule has 180 valence electrons. The van der Waals surface area contributed by atoms with Gasteiger partial charge in [-0.25, -0.2) is 9.79 Å². The van der Waals surface area contributed by atoms with Gasteiger partial charge in [-0.1, -0.05) is 37.1 Å². The third-order valence-electron chi connectivity index (χ3n) is 7.34. The van der Waals surface area contributed by atoms with Crippen LogP contribution < -0.4 is 15.5 Å². The number of urea groups is 1. The van der Waals surface area contributed by atoms with Gasteiger partial charge in [0.1, 0.15) is 5.84 Å². The number of hydrogen-bond acceptors (Lipinski definition) is 4. The molecule has 3 aliphatic rings. The Balaban J connectivity index is 0.00000274.